The highest BCUT2D eigenvalue weighted by Crippen LogP contribution is 2.31. The third-order valence-electron chi connectivity index (χ3n) is 6.55. The first-order chi connectivity index (χ1) is 17.7. The van der Waals surface area contributed by atoms with Crippen molar-refractivity contribution in [2.24, 2.45) is 0 Å². The van der Waals surface area contributed by atoms with Crippen molar-refractivity contribution in [3.8, 4) is 17.3 Å². The summed E-state index contributed by atoms with van der Waals surface area (Å²) in [6.07, 6.45) is 1.55. The van der Waals surface area contributed by atoms with E-state index >= 15 is 0 Å². The zero-order valence-corrected chi connectivity index (χ0v) is 22.8. The first-order valence-corrected chi connectivity index (χ1v) is 14.1. The van der Waals surface area contributed by atoms with Crippen LogP contribution in [0.15, 0.2) is 22.0 Å². The van der Waals surface area contributed by atoms with Gasteiger partial charge in [-0.25, -0.2) is 18.4 Å². The molecule has 3 aromatic heterocycles. The number of rotatable bonds is 10. The number of sulfonamides is 1. The average Bonchev–Trinajstić information content (AvgIpc) is 3.27. The fraction of sp³-hybridized carbons (Fsp3) is 0.583. The maximum atomic E-state index is 13.5. The Morgan fingerprint density at radius 1 is 1.11 bits per heavy atom. The number of aromatic amines is 1. The van der Waals surface area contributed by atoms with E-state index in [1.165, 1.54) is 16.6 Å². The molecule has 1 atom stereocenters. The SMILES string of the molecule is CCc1c2nc(-c3cc(S(=O)(=O)N4CCN(CC)CC4)cnc3OC(C)COC)[nH]c(=O)c2nn1CC. The number of methoxy groups -OCH3 is 1. The highest BCUT2D eigenvalue weighted by atomic mass is 32.2. The largest absolute Gasteiger partial charge is 0.472 e. The lowest BCUT2D eigenvalue weighted by atomic mass is 10.2. The average molecular weight is 534 g/mol. The number of ether oxygens (including phenoxy) is 2. The number of nitrogens with one attached hydrogen (secondary N) is 1. The van der Waals surface area contributed by atoms with Crippen LogP contribution in [0.25, 0.3) is 22.4 Å². The smallest absolute Gasteiger partial charge is 0.279 e. The number of hydrogen-bond acceptors (Lipinski definition) is 9. The minimum atomic E-state index is -3.82. The van der Waals surface area contributed by atoms with Crippen molar-refractivity contribution in [3.63, 3.8) is 0 Å². The zero-order valence-electron chi connectivity index (χ0n) is 22.0. The molecule has 202 valence electrons. The molecule has 4 rings (SSSR count). The van der Waals surface area contributed by atoms with Crippen molar-refractivity contribution in [3.05, 3.63) is 28.3 Å². The molecule has 0 amide bonds. The summed E-state index contributed by atoms with van der Waals surface area (Å²) in [4.78, 5) is 27.1. The predicted octanol–water partition coefficient (Wildman–Crippen LogP) is 1.50. The van der Waals surface area contributed by atoms with E-state index in [0.29, 0.717) is 51.3 Å². The Hall–Kier alpha value is -2.87. The number of aromatic nitrogens is 5. The quantitative estimate of drug-likeness (QED) is 0.411. The summed E-state index contributed by atoms with van der Waals surface area (Å²) >= 11 is 0. The van der Waals surface area contributed by atoms with Crippen molar-refractivity contribution in [2.75, 3.05) is 46.4 Å². The first kappa shape index (κ1) is 27.2. The molecular formula is C24H35N7O5S. The van der Waals surface area contributed by atoms with E-state index in [9.17, 15) is 13.2 Å². The van der Waals surface area contributed by atoms with E-state index in [4.69, 9.17) is 14.5 Å². The molecule has 1 N–H and O–H groups in total. The summed E-state index contributed by atoms with van der Waals surface area (Å²) < 4.78 is 41.4. The molecule has 3 aromatic rings. The summed E-state index contributed by atoms with van der Waals surface area (Å²) in [5.41, 5.74) is 1.40. The van der Waals surface area contributed by atoms with Gasteiger partial charge >= 0.3 is 0 Å². The molecule has 0 aliphatic carbocycles. The van der Waals surface area contributed by atoms with E-state index in [-0.39, 0.29) is 33.8 Å². The molecule has 0 aromatic carbocycles. The number of pyridine rings is 1. The maximum Gasteiger partial charge on any atom is 0.279 e. The Morgan fingerprint density at radius 3 is 2.46 bits per heavy atom. The summed E-state index contributed by atoms with van der Waals surface area (Å²) in [5.74, 6) is 0.325. The third-order valence-corrected chi connectivity index (χ3v) is 8.41. The molecule has 0 bridgehead atoms. The Bertz CT molecular complexity index is 1410. The van der Waals surface area contributed by atoms with Crippen molar-refractivity contribution in [2.45, 2.75) is 51.7 Å². The molecular weight excluding hydrogens is 498 g/mol. The summed E-state index contributed by atoms with van der Waals surface area (Å²) in [6.45, 7) is 11.7. The van der Waals surface area contributed by atoms with Gasteiger partial charge in [-0.1, -0.05) is 13.8 Å². The van der Waals surface area contributed by atoms with E-state index in [1.54, 1.807) is 11.8 Å². The number of aryl methyl sites for hydroxylation is 2. The number of nitrogens with zero attached hydrogens (tertiary/aromatic N) is 6. The second-order valence-corrected chi connectivity index (χ2v) is 10.9. The minimum Gasteiger partial charge on any atom is -0.472 e. The number of fused-ring (bicyclic) bond motifs is 1. The van der Waals surface area contributed by atoms with Gasteiger partial charge in [0.15, 0.2) is 5.52 Å². The standard InChI is InChI=1S/C24H35N7O5S/c1-6-19-20-21(28-31(19)8-3)23(32)27-22(26-20)18-13-17(14-25-24(18)36-16(4)15-35-5)37(33,34)30-11-9-29(7-2)10-12-30/h13-14,16H,6-12,15H2,1-5H3,(H,26,27,32). The molecule has 1 aliphatic heterocycles. The Morgan fingerprint density at radius 2 is 1.84 bits per heavy atom. The molecule has 1 fully saturated rings. The fourth-order valence-corrected chi connectivity index (χ4v) is 5.93. The van der Waals surface area contributed by atoms with Gasteiger partial charge in [-0.2, -0.15) is 9.40 Å². The number of piperazine rings is 1. The topological polar surface area (TPSA) is 136 Å². The highest BCUT2D eigenvalue weighted by Gasteiger charge is 2.30. The molecule has 13 heteroatoms. The summed E-state index contributed by atoms with van der Waals surface area (Å²) in [7, 11) is -2.25. The van der Waals surface area contributed by atoms with Gasteiger partial charge in [0.05, 0.1) is 24.1 Å². The predicted molar refractivity (Wildman–Crippen MR) is 139 cm³/mol. The van der Waals surface area contributed by atoms with Crippen molar-refractivity contribution in [1.29, 1.82) is 0 Å². The number of likely N-dealkylation sites (N-methyl/N-ethyl adjacent to an activating group) is 1. The lowest BCUT2D eigenvalue weighted by Crippen LogP contribution is -2.48. The third kappa shape index (κ3) is 5.40. The van der Waals surface area contributed by atoms with Crippen LogP contribution in [0.1, 0.15) is 33.4 Å². The lowest BCUT2D eigenvalue weighted by molar-refractivity contribution is 0.0893. The first-order valence-electron chi connectivity index (χ1n) is 12.6. The van der Waals surface area contributed by atoms with Gasteiger partial charge in [-0.15, -0.1) is 0 Å². The molecule has 1 saturated heterocycles. The molecule has 1 aliphatic rings. The number of hydrogen-bond donors (Lipinski definition) is 1. The summed E-state index contributed by atoms with van der Waals surface area (Å²) in [5, 5.41) is 4.40. The van der Waals surface area contributed by atoms with Crippen LogP contribution in [-0.2, 0) is 27.7 Å². The van der Waals surface area contributed by atoms with Gasteiger partial charge in [0.1, 0.15) is 22.3 Å². The minimum absolute atomic E-state index is 0.0157. The molecule has 0 saturated carbocycles. The highest BCUT2D eigenvalue weighted by molar-refractivity contribution is 7.89. The Labute approximate surface area is 216 Å². The van der Waals surface area contributed by atoms with E-state index in [2.05, 4.69) is 26.9 Å². The van der Waals surface area contributed by atoms with E-state index < -0.39 is 15.6 Å². The van der Waals surface area contributed by atoms with Gasteiger partial charge in [0, 0.05) is 39.8 Å². The van der Waals surface area contributed by atoms with Gasteiger partial charge in [-0.05, 0) is 32.9 Å². The van der Waals surface area contributed by atoms with Crippen LogP contribution in [0.2, 0.25) is 0 Å². The normalized spacial score (nSPS) is 16.4. The van der Waals surface area contributed by atoms with E-state index in [1.807, 2.05) is 20.8 Å². The van der Waals surface area contributed by atoms with Crippen LogP contribution in [-0.4, -0.2) is 94.9 Å². The molecule has 1 unspecified atom stereocenters. The van der Waals surface area contributed by atoms with Crippen LogP contribution < -0.4 is 10.3 Å². The molecule has 0 spiro atoms. The van der Waals surface area contributed by atoms with E-state index in [0.717, 1.165) is 12.2 Å². The molecule has 12 nitrogen and oxygen atoms in total. The van der Waals surface area contributed by atoms with Gasteiger partial charge < -0.3 is 19.4 Å². The van der Waals surface area contributed by atoms with Gasteiger partial charge in [-0.3, -0.25) is 9.48 Å². The maximum absolute atomic E-state index is 13.5. The van der Waals surface area contributed by atoms with Crippen LogP contribution in [0.3, 0.4) is 0 Å². The van der Waals surface area contributed by atoms with Crippen LogP contribution in [0, 0.1) is 0 Å². The molecule has 4 heterocycles. The fourth-order valence-electron chi connectivity index (χ4n) is 4.54. The zero-order chi connectivity index (χ0) is 26.7. The van der Waals surface area contributed by atoms with Crippen LogP contribution in [0.4, 0.5) is 0 Å². The monoisotopic (exact) mass is 533 g/mol. The Kier molecular flexibility index (Phi) is 8.26. The lowest BCUT2D eigenvalue weighted by Gasteiger charge is -2.33. The number of H-pyrrole nitrogens is 1. The molecule has 0 radical (unpaired) electrons. The van der Waals surface area contributed by atoms with Crippen molar-refractivity contribution in [1.82, 2.24) is 33.9 Å². The van der Waals surface area contributed by atoms with Gasteiger partial charge in [0.2, 0.25) is 15.9 Å². The van der Waals surface area contributed by atoms with Crippen molar-refractivity contribution < 1.29 is 17.9 Å². The van der Waals surface area contributed by atoms with Gasteiger partial charge in [0.25, 0.3) is 5.56 Å². The second kappa shape index (κ2) is 11.3. The second-order valence-electron chi connectivity index (χ2n) is 8.97. The van der Waals surface area contributed by atoms with Crippen molar-refractivity contribution >= 4 is 21.1 Å². The van der Waals surface area contributed by atoms with Crippen LogP contribution in [0.5, 0.6) is 5.88 Å². The summed E-state index contributed by atoms with van der Waals surface area (Å²) in [6, 6.07) is 1.48. The Balaban J connectivity index is 1.83. The van der Waals surface area contributed by atoms with Crippen LogP contribution >= 0.6 is 0 Å². The molecule has 37 heavy (non-hydrogen) atoms.